The highest BCUT2D eigenvalue weighted by atomic mass is 35.5. The summed E-state index contributed by atoms with van der Waals surface area (Å²) in [5.74, 6) is -0.499. The Labute approximate surface area is 199 Å². The fourth-order valence-electron chi connectivity index (χ4n) is 4.83. The summed E-state index contributed by atoms with van der Waals surface area (Å²) in [6.07, 6.45) is 1.90. The Kier molecular flexibility index (Phi) is 5.55. The standard InChI is InChI=1S/C28H25ClN2O2/c1-18-9-14-23(19(2)16-18)25-26(30-15-5-7-21-6-3-4-8-24(21)30)28(33)31(27(25)32)17-20-10-12-22(29)13-11-20/h3-4,6,8-14,16H,5,7,15,17H2,1-2H3. The van der Waals surface area contributed by atoms with Gasteiger partial charge in [0.25, 0.3) is 11.8 Å². The van der Waals surface area contributed by atoms with Gasteiger partial charge in [0.05, 0.1) is 12.1 Å². The van der Waals surface area contributed by atoms with Crippen LogP contribution in [-0.2, 0) is 22.6 Å². The summed E-state index contributed by atoms with van der Waals surface area (Å²) in [4.78, 5) is 31.0. The number of carbonyl (C=O) groups is 2. The van der Waals surface area contributed by atoms with Crippen molar-refractivity contribution in [3.63, 3.8) is 0 Å². The predicted octanol–water partition coefficient (Wildman–Crippen LogP) is 5.69. The van der Waals surface area contributed by atoms with Crippen molar-refractivity contribution in [2.24, 2.45) is 0 Å². The van der Waals surface area contributed by atoms with E-state index in [1.807, 2.05) is 56.3 Å². The van der Waals surface area contributed by atoms with Crippen LogP contribution < -0.4 is 4.90 Å². The Hall–Kier alpha value is -3.37. The summed E-state index contributed by atoms with van der Waals surface area (Å²) in [5.41, 5.74) is 6.97. The number of anilines is 1. The van der Waals surface area contributed by atoms with Gasteiger partial charge in [0, 0.05) is 17.3 Å². The van der Waals surface area contributed by atoms with Crippen LogP contribution in [0.4, 0.5) is 5.69 Å². The van der Waals surface area contributed by atoms with E-state index in [1.165, 1.54) is 10.5 Å². The third-order valence-electron chi connectivity index (χ3n) is 6.43. The van der Waals surface area contributed by atoms with Crippen LogP contribution in [0, 0.1) is 13.8 Å². The molecule has 2 aliphatic rings. The molecule has 2 heterocycles. The zero-order chi connectivity index (χ0) is 23.1. The molecule has 0 atom stereocenters. The third kappa shape index (κ3) is 3.85. The first kappa shape index (κ1) is 21.5. The first-order valence-electron chi connectivity index (χ1n) is 11.2. The van der Waals surface area contributed by atoms with E-state index in [2.05, 4.69) is 17.0 Å². The average molecular weight is 457 g/mol. The summed E-state index contributed by atoms with van der Waals surface area (Å²) in [6.45, 7) is 4.94. The van der Waals surface area contributed by atoms with E-state index in [0.29, 0.717) is 22.8 Å². The van der Waals surface area contributed by atoms with Crippen molar-refractivity contribution >= 4 is 34.7 Å². The number of imide groups is 1. The number of hydrogen-bond donors (Lipinski definition) is 0. The van der Waals surface area contributed by atoms with Crippen LogP contribution in [0.2, 0.25) is 5.02 Å². The molecule has 166 valence electrons. The first-order valence-corrected chi connectivity index (χ1v) is 11.6. The van der Waals surface area contributed by atoms with Crippen LogP contribution in [0.25, 0.3) is 5.57 Å². The number of benzene rings is 3. The first-order chi connectivity index (χ1) is 15.9. The van der Waals surface area contributed by atoms with Crippen LogP contribution in [0.1, 0.15) is 34.2 Å². The number of hydrogen-bond acceptors (Lipinski definition) is 3. The minimum absolute atomic E-state index is 0.211. The van der Waals surface area contributed by atoms with E-state index in [9.17, 15) is 9.59 Å². The molecule has 0 radical (unpaired) electrons. The van der Waals surface area contributed by atoms with Crippen LogP contribution in [0.3, 0.4) is 0 Å². The van der Waals surface area contributed by atoms with Crippen molar-refractivity contribution in [3.8, 4) is 0 Å². The highest BCUT2D eigenvalue weighted by Crippen LogP contribution is 2.39. The second kappa shape index (κ2) is 8.53. The smallest absolute Gasteiger partial charge is 0.278 e. The fraction of sp³-hybridized carbons (Fsp3) is 0.214. The summed E-state index contributed by atoms with van der Waals surface area (Å²) < 4.78 is 0. The molecule has 0 unspecified atom stereocenters. The molecule has 0 saturated heterocycles. The largest absolute Gasteiger partial charge is 0.336 e. The van der Waals surface area contributed by atoms with E-state index in [4.69, 9.17) is 11.6 Å². The Balaban J connectivity index is 1.64. The highest BCUT2D eigenvalue weighted by molar-refractivity contribution is 6.37. The molecular formula is C28H25ClN2O2. The number of amides is 2. The van der Waals surface area contributed by atoms with Crippen LogP contribution in [-0.4, -0.2) is 23.3 Å². The van der Waals surface area contributed by atoms with Gasteiger partial charge >= 0.3 is 0 Å². The van der Waals surface area contributed by atoms with E-state index in [-0.39, 0.29) is 18.4 Å². The number of rotatable bonds is 4. The van der Waals surface area contributed by atoms with Crippen molar-refractivity contribution < 1.29 is 9.59 Å². The number of aryl methyl sites for hydroxylation is 3. The molecular weight excluding hydrogens is 432 g/mol. The quantitative estimate of drug-likeness (QED) is 0.473. The van der Waals surface area contributed by atoms with Crippen LogP contribution >= 0.6 is 11.6 Å². The Morgan fingerprint density at radius 2 is 1.67 bits per heavy atom. The number of carbonyl (C=O) groups excluding carboxylic acids is 2. The molecule has 0 saturated carbocycles. The lowest BCUT2D eigenvalue weighted by Crippen LogP contribution is -2.36. The molecule has 0 bridgehead atoms. The van der Waals surface area contributed by atoms with Crippen molar-refractivity contribution in [3.05, 3.63) is 105 Å². The number of fused-ring (bicyclic) bond motifs is 1. The van der Waals surface area contributed by atoms with E-state index in [0.717, 1.165) is 40.8 Å². The third-order valence-corrected chi connectivity index (χ3v) is 6.68. The Morgan fingerprint density at radius 1 is 0.909 bits per heavy atom. The number of halogens is 1. The van der Waals surface area contributed by atoms with Gasteiger partial charge in [0.2, 0.25) is 0 Å². The molecule has 33 heavy (non-hydrogen) atoms. The summed E-state index contributed by atoms with van der Waals surface area (Å²) in [6, 6.07) is 21.4. The number of para-hydroxylation sites is 1. The molecule has 4 nitrogen and oxygen atoms in total. The van der Waals surface area contributed by atoms with Gasteiger partial charge in [-0.05, 0) is 67.1 Å². The topological polar surface area (TPSA) is 40.6 Å². The van der Waals surface area contributed by atoms with Gasteiger partial charge in [-0.1, -0.05) is 65.7 Å². The normalized spacial score (nSPS) is 16.0. The van der Waals surface area contributed by atoms with Crippen LogP contribution in [0.5, 0.6) is 0 Å². The van der Waals surface area contributed by atoms with Gasteiger partial charge in [0.15, 0.2) is 0 Å². The number of nitrogens with zero attached hydrogens (tertiary/aromatic N) is 2. The van der Waals surface area contributed by atoms with Crippen molar-refractivity contribution in [1.29, 1.82) is 0 Å². The average Bonchev–Trinajstić information content (AvgIpc) is 3.05. The van der Waals surface area contributed by atoms with Gasteiger partial charge in [-0.15, -0.1) is 0 Å². The maximum Gasteiger partial charge on any atom is 0.278 e. The van der Waals surface area contributed by atoms with Gasteiger partial charge in [-0.25, -0.2) is 0 Å². The summed E-state index contributed by atoms with van der Waals surface area (Å²) in [5, 5.41) is 0.623. The van der Waals surface area contributed by atoms with E-state index in [1.54, 1.807) is 12.1 Å². The van der Waals surface area contributed by atoms with E-state index >= 15 is 0 Å². The molecule has 0 spiro atoms. The van der Waals surface area contributed by atoms with Gasteiger partial charge in [-0.3, -0.25) is 14.5 Å². The molecule has 0 aliphatic carbocycles. The Bertz CT molecular complexity index is 1290. The van der Waals surface area contributed by atoms with Gasteiger partial charge in [0.1, 0.15) is 5.70 Å². The van der Waals surface area contributed by atoms with Crippen molar-refractivity contribution in [2.75, 3.05) is 11.4 Å². The molecule has 2 aliphatic heterocycles. The zero-order valence-corrected chi connectivity index (χ0v) is 19.5. The SMILES string of the molecule is Cc1ccc(C2=C(N3CCCc4ccccc43)C(=O)N(Cc3ccc(Cl)cc3)C2=O)c(C)c1. The lowest BCUT2D eigenvalue weighted by molar-refractivity contribution is -0.137. The molecule has 3 aromatic rings. The molecule has 2 amide bonds. The van der Waals surface area contributed by atoms with Gasteiger partial charge < -0.3 is 4.90 Å². The summed E-state index contributed by atoms with van der Waals surface area (Å²) in [7, 11) is 0. The minimum Gasteiger partial charge on any atom is -0.336 e. The second-order valence-electron chi connectivity index (χ2n) is 8.75. The Morgan fingerprint density at radius 3 is 2.42 bits per heavy atom. The van der Waals surface area contributed by atoms with Crippen LogP contribution in [0.15, 0.2) is 72.4 Å². The predicted molar refractivity (Wildman–Crippen MR) is 132 cm³/mol. The lowest BCUT2D eigenvalue weighted by atomic mass is 9.95. The monoisotopic (exact) mass is 456 g/mol. The maximum atomic E-state index is 13.8. The van der Waals surface area contributed by atoms with Crippen molar-refractivity contribution in [2.45, 2.75) is 33.2 Å². The molecule has 0 fully saturated rings. The summed E-state index contributed by atoms with van der Waals surface area (Å²) >= 11 is 6.03. The van der Waals surface area contributed by atoms with E-state index < -0.39 is 0 Å². The second-order valence-corrected chi connectivity index (χ2v) is 9.19. The molecule has 5 rings (SSSR count). The molecule has 3 aromatic carbocycles. The minimum atomic E-state index is -0.250. The zero-order valence-electron chi connectivity index (χ0n) is 18.8. The van der Waals surface area contributed by atoms with Crippen molar-refractivity contribution in [1.82, 2.24) is 4.90 Å². The molecule has 0 aromatic heterocycles. The molecule has 0 N–H and O–H groups in total. The van der Waals surface area contributed by atoms with Gasteiger partial charge in [-0.2, -0.15) is 0 Å². The fourth-order valence-corrected chi connectivity index (χ4v) is 4.96. The lowest BCUT2D eigenvalue weighted by Gasteiger charge is -2.32. The highest BCUT2D eigenvalue weighted by Gasteiger charge is 2.43. The molecule has 5 heteroatoms. The maximum absolute atomic E-state index is 13.8.